The van der Waals surface area contributed by atoms with Crippen molar-refractivity contribution in [2.24, 2.45) is 0 Å². The second-order valence-electron chi connectivity index (χ2n) is 5.27. The fourth-order valence-electron chi connectivity index (χ4n) is 2.39. The number of amides is 1. The van der Waals surface area contributed by atoms with E-state index in [1.165, 1.54) is 6.20 Å². The summed E-state index contributed by atoms with van der Waals surface area (Å²) in [4.78, 5) is 36.0. The van der Waals surface area contributed by atoms with Gasteiger partial charge in [-0.25, -0.2) is 4.98 Å². The van der Waals surface area contributed by atoms with Gasteiger partial charge in [-0.1, -0.05) is 0 Å². The third kappa shape index (κ3) is 4.49. The third-order valence-electron chi connectivity index (χ3n) is 3.53. The molecule has 1 aliphatic rings. The Kier molecular flexibility index (Phi) is 5.83. The van der Waals surface area contributed by atoms with Gasteiger partial charge in [0.2, 0.25) is 0 Å². The average molecular weight is 306 g/mol. The number of rotatable bonds is 4. The summed E-state index contributed by atoms with van der Waals surface area (Å²) in [5, 5.41) is 0. The quantitative estimate of drug-likeness (QED) is 0.754. The van der Waals surface area contributed by atoms with E-state index in [9.17, 15) is 9.59 Å². The van der Waals surface area contributed by atoms with Crippen LogP contribution in [0.2, 0.25) is 0 Å². The zero-order chi connectivity index (χ0) is 15.9. The summed E-state index contributed by atoms with van der Waals surface area (Å²) in [7, 11) is 0. The molecule has 0 N–H and O–H groups in total. The van der Waals surface area contributed by atoms with Crippen LogP contribution < -0.4 is 0 Å². The highest BCUT2D eigenvalue weighted by atomic mass is 16.5. The second kappa shape index (κ2) is 7.84. The Hall–Kier alpha value is -2.02. The molecule has 1 aromatic rings. The fourth-order valence-corrected chi connectivity index (χ4v) is 2.39. The number of hydrogen-bond acceptors (Lipinski definition) is 6. The Morgan fingerprint density at radius 2 is 2.00 bits per heavy atom. The van der Waals surface area contributed by atoms with E-state index in [1.807, 2.05) is 11.8 Å². The zero-order valence-corrected chi connectivity index (χ0v) is 13.1. The third-order valence-corrected chi connectivity index (χ3v) is 3.53. The summed E-state index contributed by atoms with van der Waals surface area (Å²) in [5.74, 6) is -0.322. The molecule has 0 spiro atoms. The highest BCUT2D eigenvalue weighted by molar-refractivity contribution is 5.92. The van der Waals surface area contributed by atoms with Crippen molar-refractivity contribution in [2.45, 2.75) is 20.3 Å². The van der Waals surface area contributed by atoms with E-state index in [0.717, 1.165) is 18.7 Å². The number of ether oxygens (including phenoxy) is 1. The van der Waals surface area contributed by atoms with Gasteiger partial charge >= 0.3 is 5.97 Å². The van der Waals surface area contributed by atoms with Crippen LogP contribution in [0, 0.1) is 6.92 Å². The number of aromatic nitrogens is 2. The van der Waals surface area contributed by atoms with Gasteiger partial charge in [0.15, 0.2) is 0 Å². The van der Waals surface area contributed by atoms with Crippen molar-refractivity contribution in [1.29, 1.82) is 0 Å². The van der Waals surface area contributed by atoms with E-state index in [0.29, 0.717) is 31.9 Å². The zero-order valence-electron chi connectivity index (χ0n) is 13.1. The van der Waals surface area contributed by atoms with Crippen LogP contribution in [0.5, 0.6) is 0 Å². The van der Waals surface area contributed by atoms with Gasteiger partial charge in [-0.05, 0) is 20.3 Å². The van der Waals surface area contributed by atoms with Gasteiger partial charge in [-0.2, -0.15) is 0 Å². The second-order valence-corrected chi connectivity index (χ2v) is 5.27. The van der Waals surface area contributed by atoms with Crippen molar-refractivity contribution in [3.8, 4) is 0 Å². The molecule has 0 bridgehead atoms. The molecule has 1 fully saturated rings. The summed E-state index contributed by atoms with van der Waals surface area (Å²) in [5.41, 5.74) is 1.15. The lowest BCUT2D eigenvalue weighted by Crippen LogP contribution is -2.37. The Bertz CT molecular complexity index is 518. The average Bonchev–Trinajstić information content (AvgIpc) is 2.73. The number of nitrogens with zero attached hydrogens (tertiary/aromatic N) is 4. The molecule has 22 heavy (non-hydrogen) atoms. The topological polar surface area (TPSA) is 75.6 Å². The highest BCUT2D eigenvalue weighted by Gasteiger charge is 2.22. The standard InChI is InChI=1S/C15H22N4O3/c1-3-22-14(20)11-18-5-4-6-19(8-7-18)15(21)13-10-16-12(2)9-17-13/h9-10H,3-8,11H2,1-2H3. The van der Waals surface area contributed by atoms with E-state index >= 15 is 0 Å². The van der Waals surface area contributed by atoms with E-state index in [-0.39, 0.29) is 18.4 Å². The monoisotopic (exact) mass is 306 g/mol. The Labute approximate surface area is 130 Å². The predicted molar refractivity (Wildman–Crippen MR) is 80.4 cm³/mol. The summed E-state index contributed by atoms with van der Waals surface area (Å²) < 4.78 is 4.96. The minimum Gasteiger partial charge on any atom is -0.465 e. The van der Waals surface area contributed by atoms with Crippen LogP contribution in [0.4, 0.5) is 0 Å². The maximum atomic E-state index is 12.4. The number of aryl methyl sites for hydroxylation is 1. The molecule has 2 rings (SSSR count). The number of carbonyl (C=O) groups is 2. The molecule has 0 aliphatic carbocycles. The lowest BCUT2D eigenvalue weighted by molar-refractivity contribution is -0.144. The maximum Gasteiger partial charge on any atom is 0.320 e. The lowest BCUT2D eigenvalue weighted by atomic mass is 10.3. The van der Waals surface area contributed by atoms with Crippen molar-refractivity contribution >= 4 is 11.9 Å². The summed E-state index contributed by atoms with van der Waals surface area (Å²) >= 11 is 0. The van der Waals surface area contributed by atoms with Gasteiger partial charge in [0.05, 0.1) is 25.0 Å². The molecule has 1 aromatic heterocycles. The van der Waals surface area contributed by atoms with Crippen LogP contribution in [0.1, 0.15) is 29.5 Å². The number of hydrogen-bond donors (Lipinski definition) is 0. The first-order chi connectivity index (χ1) is 10.6. The molecule has 120 valence electrons. The first kappa shape index (κ1) is 16.4. The Morgan fingerprint density at radius 1 is 1.18 bits per heavy atom. The van der Waals surface area contributed by atoms with Crippen LogP contribution in [-0.2, 0) is 9.53 Å². The molecule has 0 atom stereocenters. The van der Waals surface area contributed by atoms with Crippen LogP contribution in [0.25, 0.3) is 0 Å². The smallest absolute Gasteiger partial charge is 0.320 e. The first-order valence-electron chi connectivity index (χ1n) is 7.56. The summed E-state index contributed by atoms with van der Waals surface area (Å²) in [6.07, 6.45) is 3.93. The van der Waals surface area contributed by atoms with Crippen LogP contribution in [0.3, 0.4) is 0 Å². The molecular weight excluding hydrogens is 284 g/mol. The van der Waals surface area contributed by atoms with E-state index < -0.39 is 0 Å². The molecule has 1 saturated heterocycles. The fraction of sp³-hybridized carbons (Fsp3) is 0.600. The molecule has 7 nitrogen and oxygen atoms in total. The number of carbonyl (C=O) groups excluding carboxylic acids is 2. The molecule has 1 aliphatic heterocycles. The van der Waals surface area contributed by atoms with Gasteiger partial charge in [-0.15, -0.1) is 0 Å². The van der Waals surface area contributed by atoms with Crippen molar-refractivity contribution in [1.82, 2.24) is 19.8 Å². The summed E-state index contributed by atoms with van der Waals surface area (Å²) in [6, 6.07) is 0. The number of esters is 1. The Morgan fingerprint density at radius 3 is 2.68 bits per heavy atom. The molecular formula is C15H22N4O3. The predicted octanol–water partition coefficient (Wildman–Crippen LogP) is 0.496. The van der Waals surface area contributed by atoms with Crippen LogP contribution in [-0.4, -0.2) is 71.0 Å². The SMILES string of the molecule is CCOC(=O)CN1CCCN(C(=O)c2cnc(C)cn2)CC1. The van der Waals surface area contributed by atoms with E-state index in [4.69, 9.17) is 4.74 Å². The highest BCUT2D eigenvalue weighted by Crippen LogP contribution is 2.07. The van der Waals surface area contributed by atoms with Crippen molar-refractivity contribution < 1.29 is 14.3 Å². The molecule has 1 amide bonds. The molecule has 2 heterocycles. The van der Waals surface area contributed by atoms with Crippen molar-refractivity contribution in [2.75, 3.05) is 39.3 Å². The molecule has 7 heteroatoms. The van der Waals surface area contributed by atoms with Crippen LogP contribution >= 0.6 is 0 Å². The van der Waals surface area contributed by atoms with Gasteiger partial charge in [0, 0.05) is 32.4 Å². The normalized spacial score (nSPS) is 16.2. The largest absolute Gasteiger partial charge is 0.465 e. The summed E-state index contributed by atoms with van der Waals surface area (Å²) in [6.45, 7) is 6.97. The Balaban J connectivity index is 1.91. The van der Waals surface area contributed by atoms with Gasteiger partial charge in [0.25, 0.3) is 5.91 Å². The maximum absolute atomic E-state index is 12.4. The van der Waals surface area contributed by atoms with Crippen molar-refractivity contribution in [3.63, 3.8) is 0 Å². The molecule has 0 unspecified atom stereocenters. The van der Waals surface area contributed by atoms with E-state index in [2.05, 4.69) is 9.97 Å². The van der Waals surface area contributed by atoms with Gasteiger partial charge in [0.1, 0.15) is 5.69 Å². The molecule has 0 aromatic carbocycles. The molecule has 0 saturated carbocycles. The first-order valence-corrected chi connectivity index (χ1v) is 7.56. The lowest BCUT2D eigenvalue weighted by Gasteiger charge is -2.21. The van der Waals surface area contributed by atoms with E-state index in [1.54, 1.807) is 18.0 Å². The van der Waals surface area contributed by atoms with Gasteiger partial charge < -0.3 is 9.64 Å². The minimum atomic E-state index is -0.216. The van der Waals surface area contributed by atoms with Crippen molar-refractivity contribution in [3.05, 3.63) is 23.8 Å². The van der Waals surface area contributed by atoms with Crippen LogP contribution in [0.15, 0.2) is 12.4 Å². The van der Waals surface area contributed by atoms with Gasteiger partial charge in [-0.3, -0.25) is 19.5 Å². The minimum absolute atomic E-state index is 0.106. The molecule has 0 radical (unpaired) electrons.